The van der Waals surface area contributed by atoms with Crippen LogP contribution in [0.4, 0.5) is 5.69 Å². The van der Waals surface area contributed by atoms with Gasteiger partial charge in [0.05, 0.1) is 10.6 Å². The first-order valence-corrected chi connectivity index (χ1v) is 10.9. The van der Waals surface area contributed by atoms with Gasteiger partial charge in [-0.25, -0.2) is 0 Å². The van der Waals surface area contributed by atoms with Crippen molar-refractivity contribution in [3.63, 3.8) is 0 Å². The van der Waals surface area contributed by atoms with Gasteiger partial charge in [0, 0.05) is 22.2 Å². The van der Waals surface area contributed by atoms with E-state index in [4.69, 9.17) is 5.10 Å². The molecule has 0 radical (unpaired) electrons. The van der Waals surface area contributed by atoms with E-state index in [9.17, 15) is 4.79 Å². The lowest BCUT2D eigenvalue weighted by molar-refractivity contribution is 0.102. The predicted octanol–water partition coefficient (Wildman–Crippen LogP) is 5.25. The van der Waals surface area contributed by atoms with E-state index in [0.29, 0.717) is 17.0 Å². The number of H-pyrrole nitrogens is 1. The number of nitrogens with zero attached hydrogens (tertiary/aromatic N) is 4. The molecule has 8 heteroatoms. The molecule has 0 atom stereocenters. The van der Waals surface area contributed by atoms with Crippen molar-refractivity contribution in [3.8, 4) is 22.0 Å². The molecule has 0 aliphatic carbocycles. The van der Waals surface area contributed by atoms with Gasteiger partial charge in [0.1, 0.15) is 5.69 Å². The number of benzene rings is 2. The minimum absolute atomic E-state index is 0.182. The van der Waals surface area contributed by atoms with Crippen molar-refractivity contribution in [2.45, 2.75) is 0 Å². The predicted molar refractivity (Wildman–Crippen MR) is 126 cm³/mol. The molecule has 0 fully saturated rings. The molecule has 0 unspecified atom stereocenters. The molecule has 32 heavy (non-hydrogen) atoms. The van der Waals surface area contributed by atoms with Gasteiger partial charge < -0.3 is 10.3 Å². The summed E-state index contributed by atoms with van der Waals surface area (Å²) in [4.78, 5) is 16.8. The second-order valence-corrected chi connectivity index (χ2v) is 8.24. The average molecular weight is 437 g/mol. The number of amides is 1. The van der Waals surface area contributed by atoms with E-state index < -0.39 is 0 Å². The SMILES string of the molecule is O=C(Nc1ccc(-c2ccc3nnc(-c4cccs4)n3n2)cc1)c1cc2ccccc2[nH]1. The summed E-state index contributed by atoms with van der Waals surface area (Å²) >= 11 is 1.60. The van der Waals surface area contributed by atoms with Crippen LogP contribution >= 0.6 is 11.3 Å². The van der Waals surface area contributed by atoms with E-state index in [1.165, 1.54) is 0 Å². The summed E-state index contributed by atoms with van der Waals surface area (Å²) in [7, 11) is 0. The van der Waals surface area contributed by atoms with Gasteiger partial charge in [-0.05, 0) is 47.8 Å². The number of carbonyl (C=O) groups excluding carboxylic acids is 1. The topological polar surface area (TPSA) is 88.0 Å². The van der Waals surface area contributed by atoms with Crippen LogP contribution in [-0.2, 0) is 0 Å². The molecule has 0 bridgehead atoms. The quantitative estimate of drug-likeness (QED) is 0.395. The summed E-state index contributed by atoms with van der Waals surface area (Å²) in [5.41, 5.74) is 4.59. The van der Waals surface area contributed by atoms with Gasteiger partial charge in [-0.1, -0.05) is 36.4 Å². The zero-order valence-corrected chi connectivity index (χ0v) is 17.5. The molecule has 2 N–H and O–H groups in total. The number of nitrogens with one attached hydrogen (secondary N) is 2. The number of fused-ring (bicyclic) bond motifs is 2. The van der Waals surface area contributed by atoms with Gasteiger partial charge in [0.25, 0.3) is 5.91 Å². The largest absolute Gasteiger partial charge is 0.351 e. The Bertz CT molecular complexity index is 1530. The molecule has 4 heterocycles. The maximum Gasteiger partial charge on any atom is 0.272 e. The number of rotatable bonds is 4. The van der Waals surface area contributed by atoms with E-state index in [2.05, 4.69) is 20.5 Å². The monoisotopic (exact) mass is 436 g/mol. The van der Waals surface area contributed by atoms with Crippen LogP contribution in [0.5, 0.6) is 0 Å². The Kier molecular flexibility index (Phi) is 4.29. The number of aromatic nitrogens is 5. The van der Waals surface area contributed by atoms with Crippen LogP contribution in [-0.4, -0.2) is 30.7 Å². The summed E-state index contributed by atoms with van der Waals surface area (Å²) in [6, 6.07) is 25.1. The Morgan fingerprint density at radius 1 is 0.938 bits per heavy atom. The third-order valence-electron chi connectivity index (χ3n) is 5.22. The van der Waals surface area contributed by atoms with Crippen LogP contribution < -0.4 is 5.32 Å². The molecule has 0 spiro atoms. The first-order chi connectivity index (χ1) is 15.7. The van der Waals surface area contributed by atoms with Crippen molar-refractivity contribution in [3.05, 3.63) is 89.9 Å². The highest BCUT2D eigenvalue weighted by molar-refractivity contribution is 7.13. The number of para-hydroxylation sites is 1. The van der Waals surface area contributed by atoms with Gasteiger partial charge in [-0.15, -0.1) is 21.5 Å². The zero-order chi connectivity index (χ0) is 21.5. The van der Waals surface area contributed by atoms with Crippen LogP contribution in [0, 0.1) is 0 Å². The number of aromatic amines is 1. The summed E-state index contributed by atoms with van der Waals surface area (Å²) in [6.45, 7) is 0. The molecule has 0 saturated heterocycles. The van der Waals surface area contributed by atoms with Crippen molar-refractivity contribution < 1.29 is 4.79 Å². The van der Waals surface area contributed by atoms with Gasteiger partial charge in [0.2, 0.25) is 0 Å². The van der Waals surface area contributed by atoms with E-state index in [1.807, 2.05) is 84.2 Å². The Labute approximate surface area is 186 Å². The van der Waals surface area contributed by atoms with E-state index in [0.717, 1.165) is 32.9 Å². The highest BCUT2D eigenvalue weighted by Gasteiger charge is 2.12. The van der Waals surface area contributed by atoms with Gasteiger partial charge >= 0.3 is 0 Å². The minimum atomic E-state index is -0.182. The third-order valence-corrected chi connectivity index (χ3v) is 6.08. The maximum absolute atomic E-state index is 12.6. The van der Waals surface area contributed by atoms with Gasteiger partial charge in [-0.3, -0.25) is 4.79 Å². The molecule has 1 amide bonds. The fourth-order valence-electron chi connectivity index (χ4n) is 3.62. The highest BCUT2D eigenvalue weighted by Crippen LogP contribution is 2.25. The zero-order valence-electron chi connectivity index (χ0n) is 16.7. The van der Waals surface area contributed by atoms with Gasteiger partial charge in [-0.2, -0.15) is 9.61 Å². The first kappa shape index (κ1) is 18.5. The standard InChI is InChI=1S/C24H16N6OS/c31-24(20-14-16-4-1-2-5-18(16)26-20)25-17-9-7-15(8-10-17)19-11-12-22-27-28-23(30(22)29-19)21-6-3-13-32-21/h1-14,26H,(H,25,31). The Morgan fingerprint density at radius 2 is 1.81 bits per heavy atom. The second-order valence-electron chi connectivity index (χ2n) is 7.29. The average Bonchev–Trinajstić information content (AvgIpc) is 3.58. The van der Waals surface area contributed by atoms with E-state index >= 15 is 0 Å². The fraction of sp³-hybridized carbons (Fsp3) is 0. The lowest BCUT2D eigenvalue weighted by Crippen LogP contribution is -2.12. The van der Waals surface area contributed by atoms with E-state index in [-0.39, 0.29) is 5.91 Å². The summed E-state index contributed by atoms with van der Waals surface area (Å²) < 4.78 is 1.76. The second kappa shape index (κ2) is 7.44. The first-order valence-electron chi connectivity index (χ1n) is 10.0. The van der Waals surface area contributed by atoms with Crippen LogP contribution in [0.15, 0.2) is 84.2 Å². The molecular weight excluding hydrogens is 420 g/mol. The summed E-state index contributed by atoms with van der Waals surface area (Å²) in [6.07, 6.45) is 0. The van der Waals surface area contributed by atoms with Gasteiger partial charge in [0.15, 0.2) is 11.5 Å². The van der Waals surface area contributed by atoms with Crippen molar-refractivity contribution in [2.75, 3.05) is 5.32 Å². The molecule has 2 aromatic carbocycles. The number of hydrogen-bond donors (Lipinski definition) is 2. The number of hydrogen-bond acceptors (Lipinski definition) is 5. The molecule has 0 aliphatic heterocycles. The molecule has 6 rings (SSSR count). The number of carbonyl (C=O) groups is 1. The Hall–Kier alpha value is -4.30. The molecular formula is C24H16N6OS. The normalized spacial score (nSPS) is 11.2. The lowest BCUT2D eigenvalue weighted by Gasteiger charge is -2.06. The van der Waals surface area contributed by atoms with E-state index in [1.54, 1.807) is 15.9 Å². The van der Waals surface area contributed by atoms with Crippen molar-refractivity contribution in [1.29, 1.82) is 0 Å². The summed E-state index contributed by atoms with van der Waals surface area (Å²) in [5.74, 6) is 0.539. The van der Waals surface area contributed by atoms with Crippen LogP contribution in [0.3, 0.4) is 0 Å². The highest BCUT2D eigenvalue weighted by atomic mass is 32.1. The molecule has 7 nitrogen and oxygen atoms in total. The summed E-state index contributed by atoms with van der Waals surface area (Å²) in [5, 5.41) is 19.2. The Morgan fingerprint density at radius 3 is 2.62 bits per heavy atom. The lowest BCUT2D eigenvalue weighted by atomic mass is 10.1. The molecule has 4 aromatic heterocycles. The smallest absolute Gasteiger partial charge is 0.272 e. The van der Waals surface area contributed by atoms with Crippen molar-refractivity contribution in [2.24, 2.45) is 0 Å². The van der Waals surface area contributed by atoms with Crippen molar-refractivity contribution in [1.82, 2.24) is 24.8 Å². The Balaban J connectivity index is 1.26. The third kappa shape index (κ3) is 3.23. The van der Waals surface area contributed by atoms with Crippen LogP contribution in [0.1, 0.15) is 10.5 Å². The number of anilines is 1. The van der Waals surface area contributed by atoms with Crippen LogP contribution in [0.2, 0.25) is 0 Å². The molecule has 154 valence electrons. The minimum Gasteiger partial charge on any atom is -0.351 e. The number of thiophene rings is 1. The maximum atomic E-state index is 12.6. The van der Waals surface area contributed by atoms with Crippen molar-refractivity contribution >= 4 is 39.5 Å². The van der Waals surface area contributed by atoms with Crippen LogP contribution in [0.25, 0.3) is 38.5 Å². The molecule has 6 aromatic rings. The fourth-order valence-corrected chi connectivity index (χ4v) is 4.31. The molecule has 0 saturated carbocycles. The molecule has 0 aliphatic rings.